The number of nitrogens with one attached hydrogen (secondary N) is 1. The van der Waals surface area contributed by atoms with Crippen LogP contribution in [-0.4, -0.2) is 44.0 Å². The van der Waals surface area contributed by atoms with Crippen LogP contribution in [0.4, 0.5) is 10.9 Å². The zero-order valence-electron chi connectivity index (χ0n) is 18.4. The minimum Gasteiger partial charge on any atom is -0.355 e. The Morgan fingerprint density at radius 3 is 2.47 bits per heavy atom. The van der Waals surface area contributed by atoms with Gasteiger partial charge in [-0.2, -0.15) is 5.10 Å². The number of rotatable bonds is 4. The van der Waals surface area contributed by atoms with Crippen molar-refractivity contribution in [2.24, 2.45) is 5.92 Å². The first-order valence-electron chi connectivity index (χ1n) is 10.8. The third-order valence-electron chi connectivity index (χ3n) is 5.83. The lowest BCUT2D eigenvalue weighted by atomic mass is 9.96. The van der Waals surface area contributed by atoms with Crippen molar-refractivity contribution < 1.29 is 4.79 Å². The predicted octanol–water partition coefficient (Wildman–Crippen LogP) is 4.05. The lowest BCUT2D eigenvalue weighted by Gasteiger charge is -2.31. The van der Waals surface area contributed by atoms with Crippen LogP contribution in [0.25, 0.3) is 16.0 Å². The molecule has 0 atom stereocenters. The molecule has 0 saturated carbocycles. The van der Waals surface area contributed by atoms with Gasteiger partial charge in [0, 0.05) is 24.7 Å². The molecule has 4 heterocycles. The second-order valence-corrected chi connectivity index (χ2v) is 9.36. The van der Waals surface area contributed by atoms with Crippen molar-refractivity contribution in [2.75, 3.05) is 23.3 Å². The number of hydrogen-bond donors (Lipinski definition) is 1. The minimum atomic E-state index is -0.0260. The number of anilines is 2. The maximum atomic E-state index is 12.8. The largest absolute Gasteiger partial charge is 0.355 e. The molecule has 1 aliphatic rings. The Hall–Kier alpha value is -3.33. The van der Waals surface area contributed by atoms with Gasteiger partial charge >= 0.3 is 0 Å². The number of benzene rings is 1. The molecule has 1 saturated heterocycles. The van der Waals surface area contributed by atoms with E-state index in [4.69, 9.17) is 0 Å². The molecule has 9 heteroatoms. The number of hydrogen-bond acceptors (Lipinski definition) is 7. The summed E-state index contributed by atoms with van der Waals surface area (Å²) in [6.45, 7) is 7.56. The predicted molar refractivity (Wildman–Crippen MR) is 127 cm³/mol. The summed E-state index contributed by atoms with van der Waals surface area (Å²) < 4.78 is 2.89. The van der Waals surface area contributed by atoms with Gasteiger partial charge < -0.3 is 10.2 Å². The van der Waals surface area contributed by atoms with E-state index < -0.39 is 0 Å². The standard InChI is InChI=1S/C23H25N7OS/c1-14-4-5-18-19(12-14)32-23(24-18)25-22(31)17-8-10-29(11-9-17)20-6-7-21(27-26-20)30-16(3)13-15(2)28-30/h4-7,12-13,17H,8-11H2,1-3H3,(H,24,25,31). The summed E-state index contributed by atoms with van der Waals surface area (Å²) in [5, 5.41) is 16.9. The van der Waals surface area contributed by atoms with Crippen molar-refractivity contribution in [3.8, 4) is 5.82 Å². The van der Waals surface area contributed by atoms with Crippen LogP contribution in [0.2, 0.25) is 0 Å². The van der Waals surface area contributed by atoms with Crippen LogP contribution in [0.15, 0.2) is 36.4 Å². The molecule has 0 spiro atoms. The third kappa shape index (κ3) is 4.08. The van der Waals surface area contributed by atoms with Gasteiger partial charge in [0.05, 0.1) is 15.9 Å². The molecule has 1 amide bonds. The lowest BCUT2D eigenvalue weighted by Crippen LogP contribution is -2.38. The highest BCUT2D eigenvalue weighted by molar-refractivity contribution is 7.22. The number of piperidine rings is 1. The number of nitrogens with zero attached hydrogens (tertiary/aromatic N) is 6. The molecule has 32 heavy (non-hydrogen) atoms. The van der Waals surface area contributed by atoms with E-state index in [-0.39, 0.29) is 11.8 Å². The van der Waals surface area contributed by atoms with Crippen molar-refractivity contribution in [2.45, 2.75) is 33.6 Å². The number of amides is 1. The van der Waals surface area contributed by atoms with Crippen molar-refractivity contribution >= 4 is 38.4 Å². The molecular formula is C23H25N7OS. The smallest absolute Gasteiger partial charge is 0.229 e. The van der Waals surface area contributed by atoms with E-state index in [1.165, 1.54) is 16.9 Å². The molecule has 0 aliphatic carbocycles. The Bertz CT molecular complexity index is 1270. The van der Waals surface area contributed by atoms with Crippen LogP contribution in [-0.2, 0) is 4.79 Å². The number of fused-ring (bicyclic) bond motifs is 1. The summed E-state index contributed by atoms with van der Waals surface area (Å²) in [6.07, 6.45) is 1.55. The molecule has 0 bridgehead atoms. The Kier molecular flexibility index (Phi) is 5.34. The quantitative estimate of drug-likeness (QED) is 0.508. The second-order valence-electron chi connectivity index (χ2n) is 8.33. The van der Waals surface area contributed by atoms with Gasteiger partial charge in [0.25, 0.3) is 0 Å². The van der Waals surface area contributed by atoms with E-state index in [1.54, 1.807) is 4.68 Å². The summed E-state index contributed by atoms with van der Waals surface area (Å²) >= 11 is 1.52. The molecule has 4 aromatic rings. The van der Waals surface area contributed by atoms with Gasteiger partial charge in [-0.05, 0) is 69.5 Å². The van der Waals surface area contributed by atoms with Crippen LogP contribution in [0.3, 0.4) is 0 Å². The van der Waals surface area contributed by atoms with Gasteiger partial charge in [-0.25, -0.2) is 9.67 Å². The Morgan fingerprint density at radius 2 is 1.78 bits per heavy atom. The number of thiazole rings is 1. The number of aryl methyl sites for hydroxylation is 3. The van der Waals surface area contributed by atoms with E-state index in [0.717, 1.165) is 53.4 Å². The Morgan fingerprint density at radius 1 is 1.03 bits per heavy atom. The maximum Gasteiger partial charge on any atom is 0.229 e. The zero-order valence-corrected chi connectivity index (χ0v) is 19.2. The highest BCUT2D eigenvalue weighted by Gasteiger charge is 2.26. The molecule has 1 N–H and O–H groups in total. The van der Waals surface area contributed by atoms with E-state index >= 15 is 0 Å². The second kappa shape index (κ2) is 8.31. The van der Waals surface area contributed by atoms with Gasteiger partial charge in [0.15, 0.2) is 16.8 Å². The fourth-order valence-electron chi connectivity index (χ4n) is 4.12. The van der Waals surface area contributed by atoms with E-state index in [0.29, 0.717) is 10.9 Å². The van der Waals surface area contributed by atoms with Crippen LogP contribution < -0.4 is 10.2 Å². The van der Waals surface area contributed by atoms with Crippen molar-refractivity contribution in [3.63, 3.8) is 0 Å². The Balaban J connectivity index is 1.20. The van der Waals surface area contributed by atoms with E-state index in [1.807, 2.05) is 44.2 Å². The SMILES string of the molecule is Cc1ccc2nc(NC(=O)C3CCN(c4ccc(-n5nc(C)cc5C)nn4)CC3)sc2c1. The first-order valence-corrected chi connectivity index (χ1v) is 11.6. The zero-order chi connectivity index (χ0) is 22.2. The molecule has 1 aromatic carbocycles. The number of aromatic nitrogens is 5. The molecule has 1 aliphatic heterocycles. The summed E-state index contributed by atoms with van der Waals surface area (Å²) in [7, 11) is 0. The molecule has 0 unspecified atom stereocenters. The van der Waals surface area contributed by atoms with E-state index in [2.05, 4.69) is 43.5 Å². The number of carbonyl (C=O) groups is 1. The topological polar surface area (TPSA) is 88.8 Å². The summed E-state index contributed by atoms with van der Waals surface area (Å²) in [5.74, 6) is 1.56. The van der Waals surface area contributed by atoms with Crippen LogP contribution in [0, 0.1) is 26.7 Å². The van der Waals surface area contributed by atoms with Gasteiger partial charge in [0.2, 0.25) is 5.91 Å². The molecule has 0 radical (unpaired) electrons. The molecule has 164 valence electrons. The van der Waals surface area contributed by atoms with Crippen LogP contribution >= 0.6 is 11.3 Å². The third-order valence-corrected chi connectivity index (χ3v) is 6.76. The monoisotopic (exact) mass is 447 g/mol. The average Bonchev–Trinajstić information content (AvgIpc) is 3.34. The fraction of sp³-hybridized carbons (Fsp3) is 0.348. The summed E-state index contributed by atoms with van der Waals surface area (Å²) in [5.41, 5.74) is 4.10. The normalized spacial score (nSPS) is 14.8. The first-order chi connectivity index (χ1) is 15.5. The first kappa shape index (κ1) is 20.6. The molecule has 3 aromatic heterocycles. The average molecular weight is 448 g/mol. The molecular weight excluding hydrogens is 422 g/mol. The number of carbonyl (C=O) groups excluding carboxylic acids is 1. The molecule has 5 rings (SSSR count). The van der Waals surface area contributed by atoms with Gasteiger partial charge in [-0.15, -0.1) is 10.2 Å². The fourth-order valence-corrected chi connectivity index (χ4v) is 5.09. The van der Waals surface area contributed by atoms with Crippen molar-refractivity contribution in [1.82, 2.24) is 25.0 Å². The minimum absolute atomic E-state index is 0.0260. The van der Waals surface area contributed by atoms with Crippen molar-refractivity contribution in [1.29, 1.82) is 0 Å². The maximum absolute atomic E-state index is 12.8. The Labute approximate surface area is 190 Å². The summed E-state index contributed by atoms with van der Waals surface area (Å²) in [4.78, 5) is 19.5. The van der Waals surface area contributed by atoms with Gasteiger partial charge in [-0.3, -0.25) is 4.79 Å². The molecule has 1 fully saturated rings. The summed E-state index contributed by atoms with van der Waals surface area (Å²) in [6, 6.07) is 12.1. The van der Waals surface area contributed by atoms with Gasteiger partial charge in [-0.1, -0.05) is 17.4 Å². The van der Waals surface area contributed by atoms with Gasteiger partial charge in [0.1, 0.15) is 0 Å². The van der Waals surface area contributed by atoms with Crippen LogP contribution in [0.1, 0.15) is 29.8 Å². The van der Waals surface area contributed by atoms with Crippen molar-refractivity contribution in [3.05, 3.63) is 53.3 Å². The van der Waals surface area contributed by atoms with E-state index in [9.17, 15) is 4.79 Å². The lowest BCUT2D eigenvalue weighted by molar-refractivity contribution is -0.120. The highest BCUT2D eigenvalue weighted by atomic mass is 32.1. The molecule has 8 nitrogen and oxygen atoms in total. The van der Waals surface area contributed by atoms with Crippen LogP contribution in [0.5, 0.6) is 0 Å². The highest BCUT2D eigenvalue weighted by Crippen LogP contribution is 2.28.